The van der Waals surface area contributed by atoms with E-state index in [0.717, 1.165) is 39.1 Å². The molecule has 7 atom stereocenters. The molecule has 5 amide bonds. The Hall–Kier alpha value is -5.56. The van der Waals surface area contributed by atoms with E-state index in [4.69, 9.17) is 23.9 Å². The molecule has 1 spiro atoms. The van der Waals surface area contributed by atoms with Crippen LogP contribution >= 0.6 is 0 Å². The van der Waals surface area contributed by atoms with Gasteiger partial charge in [0.1, 0.15) is 24.4 Å². The van der Waals surface area contributed by atoms with Crippen LogP contribution in [0.25, 0.3) is 22.2 Å². The summed E-state index contributed by atoms with van der Waals surface area (Å²) in [6.45, 7) is 23.0. The number of aromatic nitrogens is 2. The van der Waals surface area contributed by atoms with Crippen LogP contribution in [0.3, 0.4) is 0 Å². The summed E-state index contributed by atoms with van der Waals surface area (Å²) in [5.41, 5.74) is 8.15. The Morgan fingerprint density at radius 1 is 1.08 bits per heavy atom. The highest BCUT2D eigenvalue weighted by molar-refractivity contribution is 5.95. The number of hydrogen-bond acceptors (Lipinski definition) is 12. The van der Waals surface area contributed by atoms with Crippen molar-refractivity contribution in [3.05, 3.63) is 60.4 Å². The van der Waals surface area contributed by atoms with Crippen molar-refractivity contribution in [2.75, 3.05) is 65.0 Å². The summed E-state index contributed by atoms with van der Waals surface area (Å²) in [5.74, 6) is -1.84. The number of likely N-dealkylation sites (N-methyl/N-ethyl adjacent to an activating group) is 1. The van der Waals surface area contributed by atoms with Crippen molar-refractivity contribution in [1.29, 1.82) is 0 Å². The zero-order chi connectivity index (χ0) is 51.8. The number of piperidine rings is 1. The van der Waals surface area contributed by atoms with Crippen molar-refractivity contribution in [1.82, 2.24) is 40.0 Å². The number of carbonyl (C=O) groups excluding carboxylic acids is 5. The van der Waals surface area contributed by atoms with Gasteiger partial charge in [-0.05, 0) is 108 Å². The van der Waals surface area contributed by atoms with E-state index in [2.05, 4.69) is 71.8 Å². The molecule has 2 aromatic heterocycles. The molecular formula is C54H77N9O9. The van der Waals surface area contributed by atoms with E-state index >= 15 is 0 Å². The molecule has 8 rings (SSSR count). The number of carbonyl (C=O) groups is 5. The van der Waals surface area contributed by atoms with Crippen LogP contribution < -0.4 is 15.6 Å². The lowest BCUT2D eigenvalue weighted by Gasteiger charge is -2.43. The van der Waals surface area contributed by atoms with E-state index in [1.54, 1.807) is 30.2 Å². The van der Waals surface area contributed by atoms with Gasteiger partial charge in [0.15, 0.2) is 0 Å². The Kier molecular flexibility index (Phi) is 15.7. The van der Waals surface area contributed by atoms with Crippen LogP contribution in [0.2, 0.25) is 0 Å². The van der Waals surface area contributed by atoms with E-state index in [0.29, 0.717) is 78.0 Å². The first kappa shape index (κ1) is 52.8. The fourth-order valence-electron chi connectivity index (χ4n) is 11.9. The van der Waals surface area contributed by atoms with Crippen molar-refractivity contribution < 1.29 is 42.9 Å². The number of nitrogens with one attached hydrogen (secondary N) is 2. The maximum Gasteiger partial charge on any atom is 0.324 e. The van der Waals surface area contributed by atoms with Gasteiger partial charge in [-0.3, -0.25) is 29.2 Å². The van der Waals surface area contributed by atoms with Crippen LogP contribution in [0.1, 0.15) is 105 Å². The summed E-state index contributed by atoms with van der Waals surface area (Å²) in [7, 11) is 3.32. The number of amides is 5. The van der Waals surface area contributed by atoms with Crippen molar-refractivity contribution in [3.8, 4) is 11.3 Å². The number of cyclic esters (lactones) is 1. The molecule has 3 aromatic rings. The van der Waals surface area contributed by atoms with Gasteiger partial charge < -0.3 is 48.4 Å². The highest BCUT2D eigenvalue weighted by atomic mass is 16.5. The molecular weight excluding hydrogens is 919 g/mol. The Balaban J connectivity index is 1.08. The van der Waals surface area contributed by atoms with Gasteiger partial charge in [-0.15, -0.1) is 0 Å². The number of likely N-dealkylation sites (tertiary alicyclic amines) is 1. The van der Waals surface area contributed by atoms with E-state index in [1.807, 2.05) is 40.7 Å². The lowest BCUT2D eigenvalue weighted by Crippen LogP contribution is -2.63. The number of hydrazine groups is 1. The van der Waals surface area contributed by atoms with Gasteiger partial charge in [0.05, 0.1) is 48.5 Å². The number of nitrogens with zero attached hydrogens (tertiary/aromatic N) is 7. The highest BCUT2D eigenvalue weighted by Gasteiger charge is 2.53. The van der Waals surface area contributed by atoms with Gasteiger partial charge in [0, 0.05) is 93.6 Å². The number of ether oxygens (including phenoxy) is 4. The molecule has 6 bridgehead atoms. The number of methoxy groups -OCH3 is 1. The molecule has 4 saturated heterocycles. The van der Waals surface area contributed by atoms with Gasteiger partial charge in [-0.25, -0.2) is 10.2 Å². The molecule has 4 fully saturated rings. The molecule has 0 radical (unpaired) electrons. The quantitative estimate of drug-likeness (QED) is 0.194. The average Bonchev–Trinajstić information content (AvgIpc) is 3.81. The third-order valence-electron chi connectivity index (χ3n) is 15.8. The lowest BCUT2D eigenvalue weighted by atomic mass is 9.84. The van der Waals surface area contributed by atoms with Crippen LogP contribution in [0, 0.1) is 11.3 Å². The van der Waals surface area contributed by atoms with Gasteiger partial charge in [0.2, 0.25) is 11.8 Å². The number of anilines is 1. The number of benzene rings is 1. The largest absolute Gasteiger partial charge is 0.464 e. The Morgan fingerprint density at radius 3 is 2.53 bits per heavy atom. The van der Waals surface area contributed by atoms with E-state index < -0.39 is 59.3 Å². The molecule has 392 valence electrons. The Bertz CT molecular complexity index is 2520. The zero-order valence-electron chi connectivity index (χ0n) is 44.1. The predicted octanol–water partition coefficient (Wildman–Crippen LogP) is 5.82. The minimum atomic E-state index is -1.07. The third kappa shape index (κ3) is 10.3. The number of hydrogen-bond donors (Lipinski definition) is 2. The Morgan fingerprint density at radius 2 is 1.83 bits per heavy atom. The molecule has 0 unspecified atom stereocenters. The normalized spacial score (nSPS) is 25.5. The standard InChI is InChI=1S/C54H77N9O9/c1-12-45(64)63-35(6)54(72-36(63)7)20-24-59(25-21-54)52(68)58(10)47(33(3)4)49(65)56-43-29-38-31-60(26-27-70-38)37-18-19-44-40(28-37)41(48(61(44)13-2)39-16-14-22-55-46(39)34(5)69-11)30-53(8,9)32-71-51(67)42-17-15-23-62(57-42)50(43)66/h12,14,16,18-19,22,28,33-36,38,42-43,47,57H,1,13,15,17,20-21,23-27,29-32H2,2-11H3,(H,56,65)/t34-,35-,36-,38-,42-,43-,47-/m0/s1. The SMILES string of the molecule is C=CC(=O)N1[C@H](C)OC2(CCN(C(=O)N(C)[C@H](C(=O)N[C@H]3C[C@H]4CN(CCO4)c4ccc5c(c4)c(c(-c4cccnc4[C@H](C)OC)n5CC)CC(C)(C)COC(=O)[C@@H]4CCCN(N4)C3=O)C(C)C)CC2)[C@@H]1C. The van der Waals surface area contributed by atoms with E-state index in [-0.39, 0.29) is 43.0 Å². The molecule has 1 aromatic carbocycles. The number of urea groups is 1. The molecule has 0 aliphatic carbocycles. The molecule has 72 heavy (non-hydrogen) atoms. The van der Waals surface area contributed by atoms with Crippen LogP contribution in [0.15, 0.2) is 49.2 Å². The first-order valence-electron chi connectivity index (χ1n) is 26.0. The second-order valence-electron chi connectivity index (χ2n) is 21.6. The van der Waals surface area contributed by atoms with Crippen LogP contribution in [-0.2, 0) is 51.1 Å². The molecule has 2 N–H and O–H groups in total. The maximum absolute atomic E-state index is 14.8. The van der Waals surface area contributed by atoms with Crippen molar-refractivity contribution in [2.45, 2.75) is 149 Å². The summed E-state index contributed by atoms with van der Waals surface area (Å²) in [4.78, 5) is 82.6. The van der Waals surface area contributed by atoms with Crippen molar-refractivity contribution in [2.24, 2.45) is 11.3 Å². The monoisotopic (exact) mass is 996 g/mol. The Labute approximate surface area is 424 Å². The first-order valence-corrected chi connectivity index (χ1v) is 26.0. The van der Waals surface area contributed by atoms with E-state index in [9.17, 15) is 24.0 Å². The minimum Gasteiger partial charge on any atom is -0.464 e. The van der Waals surface area contributed by atoms with Gasteiger partial charge in [0.25, 0.3) is 5.91 Å². The van der Waals surface area contributed by atoms with Gasteiger partial charge in [-0.2, -0.15) is 0 Å². The molecule has 7 heterocycles. The molecule has 18 nitrogen and oxygen atoms in total. The lowest BCUT2D eigenvalue weighted by molar-refractivity contribution is -0.156. The summed E-state index contributed by atoms with van der Waals surface area (Å²) in [6.07, 6.45) is 4.73. The summed E-state index contributed by atoms with van der Waals surface area (Å²) < 4.78 is 27.2. The molecule has 0 saturated carbocycles. The van der Waals surface area contributed by atoms with Crippen molar-refractivity contribution >= 4 is 46.3 Å². The summed E-state index contributed by atoms with van der Waals surface area (Å²) >= 11 is 0. The number of rotatable bonds is 9. The van der Waals surface area contributed by atoms with Gasteiger partial charge in [-0.1, -0.05) is 34.3 Å². The average molecular weight is 996 g/mol. The second kappa shape index (κ2) is 21.5. The first-order chi connectivity index (χ1) is 34.3. The van der Waals surface area contributed by atoms with Crippen LogP contribution in [0.5, 0.6) is 0 Å². The van der Waals surface area contributed by atoms with Crippen molar-refractivity contribution in [3.63, 3.8) is 0 Å². The maximum atomic E-state index is 14.8. The number of pyridine rings is 1. The topological polar surface area (TPSA) is 180 Å². The molecule has 5 aliphatic rings. The minimum absolute atomic E-state index is 0.136. The number of esters is 1. The van der Waals surface area contributed by atoms with Gasteiger partial charge >= 0.3 is 12.0 Å². The molecule has 18 heteroatoms. The van der Waals surface area contributed by atoms with Crippen LogP contribution in [0.4, 0.5) is 10.5 Å². The van der Waals surface area contributed by atoms with E-state index in [1.165, 1.54) is 16.0 Å². The fourth-order valence-corrected chi connectivity index (χ4v) is 11.9. The zero-order valence-corrected chi connectivity index (χ0v) is 44.1. The van der Waals surface area contributed by atoms with Crippen LogP contribution in [-0.4, -0.2) is 161 Å². The number of morpholine rings is 1. The third-order valence-corrected chi connectivity index (χ3v) is 15.8. The summed E-state index contributed by atoms with van der Waals surface area (Å²) in [6, 6.07) is 7.33. The fraction of sp³-hybridized carbons (Fsp3) is 0.630. The number of fused-ring (bicyclic) bond motifs is 6. The number of aryl methyl sites for hydroxylation is 1. The smallest absolute Gasteiger partial charge is 0.324 e. The molecule has 5 aliphatic heterocycles. The second-order valence-corrected chi connectivity index (χ2v) is 21.6. The highest BCUT2D eigenvalue weighted by Crippen LogP contribution is 2.43. The summed E-state index contributed by atoms with van der Waals surface area (Å²) in [5, 5.41) is 5.63. The predicted molar refractivity (Wildman–Crippen MR) is 273 cm³/mol.